The van der Waals surface area contributed by atoms with E-state index in [9.17, 15) is 19.0 Å². The molecule has 0 aliphatic rings. The van der Waals surface area contributed by atoms with E-state index < -0.39 is 20.0 Å². The molecule has 3 atom stereocenters. The lowest BCUT2D eigenvalue weighted by Crippen LogP contribution is -2.47. The molecule has 0 aromatic rings. The number of likely N-dealkylation sites (N-methyl/N-ethyl adjacent to an activating group) is 1. The van der Waals surface area contributed by atoms with Gasteiger partial charge >= 0.3 is 13.8 Å². The van der Waals surface area contributed by atoms with E-state index in [0.29, 0.717) is 17.4 Å². The minimum absolute atomic E-state index is 0.0221. The Kier molecular flexibility index (Phi) is 52.1. The fraction of sp³-hybridized carbons (Fsp3) is 0.723. The lowest BCUT2D eigenvalue weighted by molar-refractivity contribution is -0.870. The van der Waals surface area contributed by atoms with Crippen LogP contribution in [0, 0.1) is 0 Å². The second-order valence-corrected chi connectivity index (χ2v) is 22.9. The van der Waals surface area contributed by atoms with Gasteiger partial charge in [0.1, 0.15) is 19.3 Å². The Morgan fingerprint density at radius 3 is 1.31 bits per heavy atom. The molecule has 0 spiro atoms. The molecular weight excluding hydrogens is 952 g/mol. The van der Waals surface area contributed by atoms with Crippen molar-refractivity contribution >= 4 is 19.7 Å². The number of phosphoric ester groups is 1. The molecule has 75 heavy (non-hydrogen) atoms. The number of unbranched alkanes of at least 4 members (excludes halogenated alkanes) is 24. The standard InChI is InChI=1S/C65H115N2O7P/c1-7-10-13-16-19-22-25-28-30-32-33-35-36-39-42-45-48-51-54-57-64(68)66-62(61-73-75(70,71)72-60-59-67(4,5)6)63(56-53-50-47-44-41-38-27-24-21-18-15-12-9-3)74-65(69)58-55-52-49-46-43-40-37-34-31-29-26-23-20-17-14-11-8-2/h10,13,19,22,28-31,33,35,39,42,48,51,53,56,62-63H,7-9,11-12,14-18,20-21,23-27,32,34,36-38,40-41,43-47,49-50,52,54-55,57-61H2,1-6H3,(H-,66,68,70,71)/p+1/b13-10-,22-19-,30-28-,31-29+,35-33-,42-39-,51-48-,56-53+. The molecule has 10 heteroatoms. The number of hydrogen-bond donors (Lipinski definition) is 2. The van der Waals surface area contributed by atoms with E-state index in [0.717, 1.165) is 89.9 Å². The number of amides is 1. The highest BCUT2D eigenvalue weighted by molar-refractivity contribution is 7.47. The van der Waals surface area contributed by atoms with Crippen molar-refractivity contribution in [3.8, 4) is 0 Å². The summed E-state index contributed by atoms with van der Waals surface area (Å²) in [7, 11) is 1.44. The van der Waals surface area contributed by atoms with Gasteiger partial charge in [-0.3, -0.25) is 18.6 Å². The summed E-state index contributed by atoms with van der Waals surface area (Å²) in [5.74, 6) is -0.610. The number of carbonyl (C=O) groups excluding carboxylic acids is 2. The number of phosphoric acid groups is 1. The van der Waals surface area contributed by atoms with Crippen molar-refractivity contribution in [2.75, 3.05) is 40.9 Å². The van der Waals surface area contributed by atoms with Crippen LogP contribution in [0.25, 0.3) is 0 Å². The van der Waals surface area contributed by atoms with Gasteiger partial charge in [-0.05, 0) is 96.0 Å². The Morgan fingerprint density at radius 2 is 0.867 bits per heavy atom. The number of carbonyl (C=O) groups is 2. The third-order valence-electron chi connectivity index (χ3n) is 13.0. The fourth-order valence-corrected chi connectivity index (χ4v) is 9.05. The lowest BCUT2D eigenvalue weighted by atomic mass is 10.0. The molecule has 0 aromatic heterocycles. The van der Waals surface area contributed by atoms with E-state index in [-0.39, 0.29) is 37.9 Å². The topological polar surface area (TPSA) is 111 Å². The Balaban J connectivity index is 5.44. The van der Waals surface area contributed by atoms with Crippen LogP contribution in [-0.2, 0) is 27.9 Å². The van der Waals surface area contributed by atoms with Gasteiger partial charge in [0.15, 0.2) is 0 Å². The summed E-state index contributed by atoms with van der Waals surface area (Å²) in [6.45, 7) is 6.83. The van der Waals surface area contributed by atoms with E-state index >= 15 is 0 Å². The predicted molar refractivity (Wildman–Crippen MR) is 323 cm³/mol. The molecule has 0 rings (SSSR count). The third kappa shape index (κ3) is 55.5. The normalized spacial score (nSPS) is 14.4. The van der Waals surface area contributed by atoms with Crippen LogP contribution >= 0.6 is 7.82 Å². The first kappa shape index (κ1) is 71.9. The number of quaternary nitrogens is 1. The number of nitrogens with zero attached hydrogens (tertiary/aromatic N) is 1. The molecule has 0 aromatic carbocycles. The van der Waals surface area contributed by atoms with Crippen molar-refractivity contribution in [1.29, 1.82) is 0 Å². The van der Waals surface area contributed by atoms with Crippen molar-refractivity contribution in [2.45, 2.75) is 264 Å². The molecule has 0 fully saturated rings. The molecule has 0 aliphatic carbocycles. The zero-order valence-corrected chi connectivity index (χ0v) is 50.2. The summed E-state index contributed by atoms with van der Waals surface area (Å²) in [5, 5.41) is 3.00. The smallest absolute Gasteiger partial charge is 0.456 e. The molecule has 432 valence electrons. The van der Waals surface area contributed by atoms with Gasteiger partial charge in [0.2, 0.25) is 5.91 Å². The Bertz CT molecular complexity index is 1610. The van der Waals surface area contributed by atoms with Crippen molar-refractivity contribution in [3.05, 3.63) is 97.2 Å². The largest absolute Gasteiger partial charge is 0.472 e. The van der Waals surface area contributed by atoms with Gasteiger partial charge in [-0.15, -0.1) is 0 Å². The molecule has 0 radical (unpaired) electrons. The Hall–Kier alpha value is -3.07. The number of allylic oxidation sites excluding steroid dienone is 15. The van der Waals surface area contributed by atoms with Crippen LogP contribution in [0.15, 0.2) is 97.2 Å². The van der Waals surface area contributed by atoms with Crippen LogP contribution in [0.4, 0.5) is 0 Å². The van der Waals surface area contributed by atoms with Gasteiger partial charge < -0.3 is 19.4 Å². The maximum atomic E-state index is 13.5. The molecular formula is C65H116N2O7P+. The fourth-order valence-electron chi connectivity index (χ4n) is 8.31. The zero-order chi connectivity index (χ0) is 55.0. The highest BCUT2D eigenvalue weighted by Crippen LogP contribution is 2.43. The molecule has 0 saturated carbocycles. The van der Waals surface area contributed by atoms with E-state index in [2.05, 4.69) is 105 Å². The second kappa shape index (κ2) is 54.3. The first-order chi connectivity index (χ1) is 36.4. The predicted octanol–water partition coefficient (Wildman–Crippen LogP) is 18.8. The first-order valence-corrected chi connectivity index (χ1v) is 32.1. The average molecular weight is 1070 g/mol. The molecule has 9 nitrogen and oxygen atoms in total. The quantitative estimate of drug-likeness (QED) is 0.0205. The van der Waals surface area contributed by atoms with Crippen LogP contribution in [0.5, 0.6) is 0 Å². The number of ether oxygens (including phenoxy) is 1. The van der Waals surface area contributed by atoms with Crippen molar-refractivity contribution in [3.63, 3.8) is 0 Å². The number of rotatable bonds is 54. The van der Waals surface area contributed by atoms with Crippen LogP contribution in [-0.4, -0.2) is 74.3 Å². The zero-order valence-electron chi connectivity index (χ0n) is 49.3. The minimum atomic E-state index is -4.47. The lowest BCUT2D eigenvalue weighted by Gasteiger charge is -2.27. The molecule has 0 bridgehead atoms. The summed E-state index contributed by atoms with van der Waals surface area (Å²) in [6.07, 6.45) is 72.8. The monoisotopic (exact) mass is 1070 g/mol. The van der Waals surface area contributed by atoms with Gasteiger partial charge in [-0.25, -0.2) is 4.57 Å². The maximum absolute atomic E-state index is 13.5. The third-order valence-corrected chi connectivity index (χ3v) is 14.0. The van der Waals surface area contributed by atoms with Crippen LogP contribution in [0.1, 0.15) is 252 Å². The van der Waals surface area contributed by atoms with E-state index in [1.807, 2.05) is 39.4 Å². The van der Waals surface area contributed by atoms with Gasteiger partial charge in [0, 0.05) is 12.8 Å². The summed E-state index contributed by atoms with van der Waals surface area (Å²) < 4.78 is 30.6. The molecule has 1 amide bonds. The molecule has 3 unspecified atom stereocenters. The maximum Gasteiger partial charge on any atom is 0.472 e. The van der Waals surface area contributed by atoms with Gasteiger partial charge in [-0.2, -0.15) is 0 Å². The van der Waals surface area contributed by atoms with Gasteiger partial charge in [0.05, 0.1) is 33.8 Å². The number of nitrogens with one attached hydrogen (secondary N) is 1. The van der Waals surface area contributed by atoms with Crippen LogP contribution < -0.4 is 5.32 Å². The summed E-state index contributed by atoms with van der Waals surface area (Å²) in [6, 6.07) is -0.895. The Morgan fingerprint density at radius 1 is 0.480 bits per heavy atom. The number of esters is 1. The average Bonchev–Trinajstić information content (AvgIpc) is 3.37. The van der Waals surface area contributed by atoms with E-state index in [1.54, 1.807) is 0 Å². The SMILES string of the molecule is CC/C=C\C/C=C\C/C=C\C/C=C\C/C=C\C/C=C\CCC(=O)NC(COP(=O)(O)OCC[N+](C)(C)C)C(/C=C/CCCCCCCCCCCCC)OC(=O)CCCCCCCCC/C=C/CCCCCCCC. The minimum Gasteiger partial charge on any atom is -0.456 e. The highest BCUT2D eigenvalue weighted by atomic mass is 31.2. The highest BCUT2D eigenvalue weighted by Gasteiger charge is 2.30. The Labute approximate surface area is 462 Å². The van der Waals surface area contributed by atoms with Crippen molar-refractivity contribution in [2.24, 2.45) is 0 Å². The van der Waals surface area contributed by atoms with Crippen LogP contribution in [0.2, 0.25) is 0 Å². The number of hydrogen-bond acceptors (Lipinski definition) is 6. The molecule has 0 saturated heterocycles. The van der Waals surface area contributed by atoms with Gasteiger partial charge in [-0.1, -0.05) is 240 Å². The molecule has 0 aliphatic heterocycles. The van der Waals surface area contributed by atoms with E-state index in [4.69, 9.17) is 13.8 Å². The summed E-state index contributed by atoms with van der Waals surface area (Å²) in [4.78, 5) is 37.7. The second-order valence-electron chi connectivity index (χ2n) is 21.5. The first-order valence-electron chi connectivity index (χ1n) is 30.6. The van der Waals surface area contributed by atoms with E-state index in [1.165, 1.54) is 122 Å². The summed E-state index contributed by atoms with van der Waals surface area (Å²) in [5.41, 5.74) is 0. The van der Waals surface area contributed by atoms with Gasteiger partial charge in [0.25, 0.3) is 0 Å². The van der Waals surface area contributed by atoms with Crippen molar-refractivity contribution < 1.29 is 37.3 Å². The summed E-state index contributed by atoms with van der Waals surface area (Å²) >= 11 is 0. The van der Waals surface area contributed by atoms with Crippen molar-refractivity contribution in [1.82, 2.24) is 5.32 Å². The molecule has 0 heterocycles. The van der Waals surface area contributed by atoms with Crippen LogP contribution in [0.3, 0.4) is 0 Å². The molecule has 2 N–H and O–H groups in total.